The molecule has 4 heterocycles. The van der Waals surface area contributed by atoms with Crippen LogP contribution in [0.5, 0.6) is 0 Å². The van der Waals surface area contributed by atoms with Gasteiger partial charge >= 0.3 is 0 Å². The zero-order valence-electron chi connectivity index (χ0n) is 15.8. The number of aromatic amines is 1. The van der Waals surface area contributed by atoms with E-state index in [4.69, 9.17) is 4.98 Å². The smallest absolute Gasteiger partial charge is 0.258 e. The van der Waals surface area contributed by atoms with Gasteiger partial charge in [-0.2, -0.15) is 5.10 Å². The summed E-state index contributed by atoms with van der Waals surface area (Å²) in [5.74, 6) is 0.736. The molecule has 0 amide bonds. The first-order valence-electron chi connectivity index (χ1n) is 9.26. The van der Waals surface area contributed by atoms with Gasteiger partial charge in [0, 0.05) is 54.7 Å². The Morgan fingerprint density at radius 2 is 2.03 bits per heavy atom. The monoisotopic (exact) mass is 382 g/mol. The number of nitrogens with one attached hydrogen (secondary N) is 2. The number of pyridine rings is 3. The first-order valence-corrected chi connectivity index (χ1v) is 9.26. The van der Waals surface area contributed by atoms with Crippen LogP contribution in [0, 0.1) is 0 Å². The number of benzene rings is 1. The highest BCUT2D eigenvalue weighted by molar-refractivity contribution is 6.10. The first kappa shape index (κ1) is 17.1. The van der Waals surface area contributed by atoms with Crippen molar-refractivity contribution in [3.05, 3.63) is 83.3 Å². The molecule has 0 fully saturated rings. The Morgan fingerprint density at radius 3 is 2.83 bits per heavy atom. The van der Waals surface area contributed by atoms with Gasteiger partial charge < -0.3 is 10.3 Å². The van der Waals surface area contributed by atoms with Gasteiger partial charge in [0.2, 0.25) is 0 Å². The molecule has 0 unspecified atom stereocenters. The normalized spacial score (nSPS) is 11.2. The molecule has 0 aliphatic heterocycles. The van der Waals surface area contributed by atoms with Crippen LogP contribution in [0.25, 0.3) is 32.8 Å². The van der Waals surface area contributed by atoms with Crippen molar-refractivity contribution < 1.29 is 0 Å². The molecule has 0 spiro atoms. The fraction of sp³-hybridized carbons (Fsp3) is 0.0909. The second-order valence-corrected chi connectivity index (χ2v) is 6.91. The molecule has 7 heteroatoms. The van der Waals surface area contributed by atoms with Gasteiger partial charge in [-0.25, -0.2) is 4.98 Å². The second-order valence-electron chi connectivity index (χ2n) is 6.91. The summed E-state index contributed by atoms with van der Waals surface area (Å²) < 4.78 is 1.76. The molecule has 142 valence electrons. The highest BCUT2D eigenvalue weighted by Crippen LogP contribution is 2.31. The van der Waals surface area contributed by atoms with Crippen LogP contribution in [0.15, 0.2) is 72.2 Å². The molecule has 2 N–H and O–H groups in total. The van der Waals surface area contributed by atoms with Gasteiger partial charge in [-0.1, -0.05) is 18.2 Å². The summed E-state index contributed by atoms with van der Waals surface area (Å²) in [4.78, 5) is 24.2. The van der Waals surface area contributed by atoms with Crippen molar-refractivity contribution in [1.29, 1.82) is 0 Å². The molecule has 4 aromatic heterocycles. The Balaban J connectivity index is 1.69. The molecule has 5 aromatic rings. The third-order valence-corrected chi connectivity index (χ3v) is 4.94. The fourth-order valence-corrected chi connectivity index (χ4v) is 3.53. The molecule has 29 heavy (non-hydrogen) atoms. The summed E-state index contributed by atoms with van der Waals surface area (Å²) in [6, 6.07) is 11.8. The number of H-pyrrole nitrogens is 1. The highest BCUT2D eigenvalue weighted by atomic mass is 16.1. The van der Waals surface area contributed by atoms with Crippen molar-refractivity contribution in [2.24, 2.45) is 7.05 Å². The van der Waals surface area contributed by atoms with E-state index in [1.165, 1.54) is 0 Å². The summed E-state index contributed by atoms with van der Waals surface area (Å²) in [6.07, 6.45) is 8.97. The number of aromatic nitrogens is 5. The summed E-state index contributed by atoms with van der Waals surface area (Å²) in [5.41, 5.74) is 3.55. The summed E-state index contributed by atoms with van der Waals surface area (Å²) in [5, 5.41) is 9.98. The Bertz CT molecular complexity index is 1390. The lowest BCUT2D eigenvalue weighted by molar-refractivity contribution is 0.768. The maximum atomic E-state index is 12.6. The molecular formula is C22H18N6O. The average molecular weight is 382 g/mol. The number of fused-ring (bicyclic) bond motifs is 3. The van der Waals surface area contributed by atoms with Crippen molar-refractivity contribution in [3.63, 3.8) is 0 Å². The summed E-state index contributed by atoms with van der Waals surface area (Å²) in [7, 11) is 1.88. The van der Waals surface area contributed by atoms with E-state index in [9.17, 15) is 4.79 Å². The van der Waals surface area contributed by atoms with E-state index in [0.29, 0.717) is 17.4 Å². The molecule has 0 aliphatic carbocycles. The Hall–Kier alpha value is -4.00. The number of hydrogen-bond acceptors (Lipinski definition) is 5. The SMILES string of the molecule is Cn1cc(-c2ccc3c(NCc4cccnc4)nc4cc[nH]c(=O)c4c3c2)cn1. The maximum Gasteiger partial charge on any atom is 0.258 e. The van der Waals surface area contributed by atoms with E-state index in [1.54, 1.807) is 17.1 Å². The van der Waals surface area contributed by atoms with Crippen molar-refractivity contribution in [2.45, 2.75) is 6.54 Å². The van der Waals surface area contributed by atoms with Crippen LogP contribution >= 0.6 is 0 Å². The van der Waals surface area contributed by atoms with Crippen LogP contribution in [0.4, 0.5) is 5.82 Å². The minimum absolute atomic E-state index is 0.151. The second kappa shape index (κ2) is 6.87. The molecule has 0 bridgehead atoms. The Kier molecular flexibility index (Phi) is 4.05. The van der Waals surface area contributed by atoms with Gasteiger partial charge in [0.15, 0.2) is 0 Å². The molecule has 7 nitrogen and oxygen atoms in total. The standard InChI is InChI=1S/C22H18N6O/c1-28-13-16(12-26-28)15-4-5-17-18(9-15)20-19(6-8-24-22(20)29)27-21(17)25-11-14-3-2-7-23-10-14/h2-10,12-13H,11H2,1H3,(H,24,29)(H,25,27). The van der Waals surface area contributed by atoms with E-state index >= 15 is 0 Å². The van der Waals surface area contributed by atoms with E-state index < -0.39 is 0 Å². The van der Waals surface area contributed by atoms with Crippen LogP contribution in [-0.2, 0) is 13.6 Å². The molecule has 1 aromatic carbocycles. The van der Waals surface area contributed by atoms with Crippen LogP contribution in [0.2, 0.25) is 0 Å². The van der Waals surface area contributed by atoms with Crippen LogP contribution in [0.1, 0.15) is 5.56 Å². The van der Waals surface area contributed by atoms with Crippen molar-refractivity contribution >= 4 is 27.5 Å². The molecule has 5 rings (SSSR count). The zero-order chi connectivity index (χ0) is 19.8. The van der Waals surface area contributed by atoms with Gasteiger partial charge in [0.1, 0.15) is 5.82 Å². The molecule has 0 atom stereocenters. The number of rotatable bonds is 4. The molecule has 0 saturated carbocycles. The van der Waals surface area contributed by atoms with Gasteiger partial charge in [-0.15, -0.1) is 0 Å². The lowest BCUT2D eigenvalue weighted by Gasteiger charge is -2.12. The fourth-order valence-electron chi connectivity index (χ4n) is 3.53. The molecule has 0 saturated heterocycles. The Morgan fingerprint density at radius 1 is 1.10 bits per heavy atom. The molecule has 0 aliphatic rings. The summed E-state index contributed by atoms with van der Waals surface area (Å²) in [6.45, 7) is 0.592. The molecular weight excluding hydrogens is 364 g/mol. The average Bonchev–Trinajstić information content (AvgIpc) is 3.18. The van der Waals surface area contributed by atoms with Crippen molar-refractivity contribution in [2.75, 3.05) is 5.32 Å². The number of nitrogens with zero attached hydrogens (tertiary/aromatic N) is 4. The van der Waals surface area contributed by atoms with Gasteiger partial charge in [-0.3, -0.25) is 14.5 Å². The predicted octanol–water partition coefficient (Wildman–Crippen LogP) is 3.48. The van der Waals surface area contributed by atoms with Gasteiger partial charge in [-0.05, 0) is 29.3 Å². The van der Waals surface area contributed by atoms with E-state index in [2.05, 4.69) is 20.4 Å². The zero-order valence-corrected chi connectivity index (χ0v) is 15.8. The van der Waals surface area contributed by atoms with Crippen LogP contribution in [-0.4, -0.2) is 24.7 Å². The van der Waals surface area contributed by atoms with E-state index in [0.717, 1.165) is 33.3 Å². The van der Waals surface area contributed by atoms with E-state index in [1.807, 2.05) is 62.0 Å². The quantitative estimate of drug-likeness (QED) is 0.465. The minimum atomic E-state index is -0.151. The Labute approximate surface area is 166 Å². The van der Waals surface area contributed by atoms with Crippen LogP contribution < -0.4 is 10.9 Å². The highest BCUT2D eigenvalue weighted by Gasteiger charge is 2.13. The lowest BCUT2D eigenvalue weighted by Crippen LogP contribution is -2.08. The molecule has 0 radical (unpaired) electrons. The maximum absolute atomic E-state index is 12.6. The summed E-state index contributed by atoms with van der Waals surface area (Å²) >= 11 is 0. The topological polar surface area (TPSA) is 88.5 Å². The van der Waals surface area contributed by atoms with Gasteiger partial charge in [0.05, 0.1) is 17.1 Å². The van der Waals surface area contributed by atoms with Gasteiger partial charge in [0.25, 0.3) is 5.56 Å². The van der Waals surface area contributed by atoms with Crippen molar-refractivity contribution in [3.8, 4) is 11.1 Å². The van der Waals surface area contributed by atoms with Crippen molar-refractivity contribution in [1.82, 2.24) is 24.7 Å². The lowest BCUT2D eigenvalue weighted by atomic mass is 10.0. The predicted molar refractivity (Wildman–Crippen MR) is 114 cm³/mol. The number of anilines is 1. The number of hydrogen-bond donors (Lipinski definition) is 2. The third kappa shape index (κ3) is 3.12. The number of aryl methyl sites for hydroxylation is 1. The first-order chi connectivity index (χ1) is 14.2. The third-order valence-electron chi connectivity index (χ3n) is 4.94. The van der Waals surface area contributed by atoms with E-state index in [-0.39, 0.29) is 5.56 Å². The van der Waals surface area contributed by atoms with Crippen LogP contribution in [0.3, 0.4) is 0 Å². The largest absolute Gasteiger partial charge is 0.365 e. The minimum Gasteiger partial charge on any atom is -0.365 e.